The van der Waals surface area contributed by atoms with Gasteiger partial charge in [-0.25, -0.2) is 9.97 Å². The third-order valence-corrected chi connectivity index (χ3v) is 4.43. The Kier molecular flexibility index (Phi) is 6.01. The molecule has 0 radical (unpaired) electrons. The van der Waals surface area contributed by atoms with Crippen molar-refractivity contribution in [2.75, 3.05) is 28.6 Å². The van der Waals surface area contributed by atoms with Gasteiger partial charge in [0, 0.05) is 37.5 Å². The molecule has 0 atom stereocenters. The van der Waals surface area contributed by atoms with Gasteiger partial charge in [-0.3, -0.25) is 9.59 Å². The van der Waals surface area contributed by atoms with Gasteiger partial charge >= 0.3 is 0 Å². The number of nitrogens with one attached hydrogen (secondary N) is 2. The molecule has 27 heavy (non-hydrogen) atoms. The van der Waals surface area contributed by atoms with E-state index < -0.39 is 0 Å². The SMILES string of the molecule is CC(=O)Nc1cccc(NC(=O)c2cc(N3CCCCCC3)nc(C)n2)c1. The van der Waals surface area contributed by atoms with Crippen LogP contribution < -0.4 is 15.5 Å². The Labute approximate surface area is 159 Å². The van der Waals surface area contributed by atoms with E-state index in [4.69, 9.17) is 0 Å². The minimum atomic E-state index is -0.295. The van der Waals surface area contributed by atoms with E-state index in [0.717, 1.165) is 31.7 Å². The summed E-state index contributed by atoms with van der Waals surface area (Å²) in [6, 6.07) is 8.78. The van der Waals surface area contributed by atoms with Crippen molar-refractivity contribution in [1.82, 2.24) is 9.97 Å². The fraction of sp³-hybridized carbons (Fsp3) is 0.400. The molecule has 0 unspecified atom stereocenters. The Bertz CT molecular complexity index is 829. The second-order valence-corrected chi connectivity index (χ2v) is 6.78. The van der Waals surface area contributed by atoms with E-state index in [-0.39, 0.29) is 11.8 Å². The lowest BCUT2D eigenvalue weighted by Crippen LogP contribution is -2.26. The topological polar surface area (TPSA) is 87.2 Å². The summed E-state index contributed by atoms with van der Waals surface area (Å²) in [6.07, 6.45) is 4.75. The van der Waals surface area contributed by atoms with E-state index in [1.165, 1.54) is 19.8 Å². The molecule has 2 N–H and O–H groups in total. The van der Waals surface area contributed by atoms with Gasteiger partial charge in [-0.05, 0) is 38.0 Å². The number of hydrogen-bond donors (Lipinski definition) is 2. The van der Waals surface area contributed by atoms with Crippen LogP contribution in [0.15, 0.2) is 30.3 Å². The lowest BCUT2D eigenvalue weighted by Gasteiger charge is -2.22. The van der Waals surface area contributed by atoms with Crippen LogP contribution in [0.3, 0.4) is 0 Å². The smallest absolute Gasteiger partial charge is 0.274 e. The van der Waals surface area contributed by atoms with Gasteiger partial charge in [-0.15, -0.1) is 0 Å². The molecule has 2 heterocycles. The van der Waals surface area contributed by atoms with Gasteiger partial charge < -0.3 is 15.5 Å². The molecule has 0 aliphatic carbocycles. The summed E-state index contributed by atoms with van der Waals surface area (Å²) >= 11 is 0. The summed E-state index contributed by atoms with van der Waals surface area (Å²) in [4.78, 5) is 34.9. The van der Waals surface area contributed by atoms with E-state index in [1.807, 2.05) is 0 Å². The van der Waals surface area contributed by atoms with Gasteiger partial charge in [0.2, 0.25) is 5.91 Å². The van der Waals surface area contributed by atoms with Crippen molar-refractivity contribution in [3.05, 3.63) is 41.9 Å². The monoisotopic (exact) mass is 367 g/mol. The highest BCUT2D eigenvalue weighted by Gasteiger charge is 2.16. The van der Waals surface area contributed by atoms with Gasteiger partial charge in [0.1, 0.15) is 17.3 Å². The fourth-order valence-corrected chi connectivity index (χ4v) is 3.20. The number of benzene rings is 1. The Morgan fingerprint density at radius 3 is 2.30 bits per heavy atom. The van der Waals surface area contributed by atoms with E-state index in [2.05, 4.69) is 25.5 Å². The van der Waals surface area contributed by atoms with E-state index in [0.29, 0.717) is 22.9 Å². The van der Waals surface area contributed by atoms with Gasteiger partial charge in [-0.2, -0.15) is 0 Å². The molecule has 0 bridgehead atoms. The molecule has 1 aliphatic rings. The lowest BCUT2D eigenvalue weighted by molar-refractivity contribution is -0.114. The third kappa shape index (κ3) is 5.26. The summed E-state index contributed by atoms with van der Waals surface area (Å²) in [5.41, 5.74) is 1.56. The number of anilines is 3. The van der Waals surface area contributed by atoms with Gasteiger partial charge in [-0.1, -0.05) is 18.9 Å². The van der Waals surface area contributed by atoms with Crippen molar-refractivity contribution in [1.29, 1.82) is 0 Å². The number of aromatic nitrogens is 2. The molecule has 0 spiro atoms. The maximum Gasteiger partial charge on any atom is 0.274 e. The van der Waals surface area contributed by atoms with Crippen LogP contribution in [0.4, 0.5) is 17.2 Å². The van der Waals surface area contributed by atoms with Crippen LogP contribution in [0, 0.1) is 6.92 Å². The van der Waals surface area contributed by atoms with Gasteiger partial charge in [0.25, 0.3) is 5.91 Å². The summed E-state index contributed by atoms with van der Waals surface area (Å²) in [5, 5.41) is 5.55. The molecule has 7 nitrogen and oxygen atoms in total. The van der Waals surface area contributed by atoms with E-state index in [9.17, 15) is 9.59 Å². The average Bonchev–Trinajstić information content (AvgIpc) is 2.90. The number of aryl methyl sites for hydroxylation is 1. The van der Waals surface area contributed by atoms with Crippen LogP contribution in [-0.2, 0) is 4.79 Å². The molecule has 1 aromatic carbocycles. The molecule has 1 saturated heterocycles. The zero-order valence-electron chi connectivity index (χ0n) is 15.8. The molecular weight excluding hydrogens is 342 g/mol. The first-order chi connectivity index (χ1) is 13.0. The predicted octanol–water partition coefficient (Wildman–Crippen LogP) is 3.38. The summed E-state index contributed by atoms with van der Waals surface area (Å²) in [7, 11) is 0. The largest absolute Gasteiger partial charge is 0.356 e. The van der Waals surface area contributed by atoms with Gasteiger partial charge in [0.05, 0.1) is 0 Å². The van der Waals surface area contributed by atoms with E-state index in [1.54, 1.807) is 37.3 Å². The molecule has 1 fully saturated rings. The zero-order chi connectivity index (χ0) is 19.2. The molecule has 7 heteroatoms. The molecule has 2 amide bonds. The minimum Gasteiger partial charge on any atom is -0.356 e. The Morgan fingerprint density at radius 2 is 1.63 bits per heavy atom. The van der Waals surface area contributed by atoms with E-state index >= 15 is 0 Å². The zero-order valence-corrected chi connectivity index (χ0v) is 15.8. The van der Waals surface area contributed by atoms with Crippen molar-refractivity contribution in [3.63, 3.8) is 0 Å². The molecule has 1 aliphatic heterocycles. The number of carbonyl (C=O) groups excluding carboxylic acids is 2. The standard InChI is InChI=1S/C20H25N5O2/c1-14-21-18(13-19(22-14)25-10-5-3-4-6-11-25)20(27)24-17-9-7-8-16(12-17)23-15(2)26/h7-9,12-13H,3-6,10-11H2,1-2H3,(H,23,26)(H,24,27). The number of nitrogens with zero attached hydrogens (tertiary/aromatic N) is 3. The predicted molar refractivity (Wildman–Crippen MR) is 106 cm³/mol. The summed E-state index contributed by atoms with van der Waals surface area (Å²) < 4.78 is 0. The number of amides is 2. The average molecular weight is 367 g/mol. The second-order valence-electron chi connectivity index (χ2n) is 6.78. The van der Waals surface area contributed by atoms with Crippen LogP contribution in [0.5, 0.6) is 0 Å². The van der Waals surface area contributed by atoms with Crippen LogP contribution in [0.2, 0.25) is 0 Å². The van der Waals surface area contributed by atoms with Crippen molar-refractivity contribution < 1.29 is 9.59 Å². The van der Waals surface area contributed by atoms with Crippen molar-refractivity contribution >= 4 is 29.0 Å². The first-order valence-corrected chi connectivity index (χ1v) is 9.31. The molecular formula is C20H25N5O2. The van der Waals surface area contributed by atoms with Crippen LogP contribution in [0.1, 0.15) is 48.9 Å². The van der Waals surface area contributed by atoms with Crippen molar-refractivity contribution in [2.24, 2.45) is 0 Å². The van der Waals surface area contributed by atoms with Gasteiger partial charge in [0.15, 0.2) is 0 Å². The van der Waals surface area contributed by atoms with Crippen molar-refractivity contribution in [3.8, 4) is 0 Å². The highest BCUT2D eigenvalue weighted by Crippen LogP contribution is 2.20. The normalized spacial score (nSPS) is 14.4. The fourth-order valence-electron chi connectivity index (χ4n) is 3.20. The second kappa shape index (κ2) is 8.62. The number of hydrogen-bond acceptors (Lipinski definition) is 5. The molecule has 1 aromatic heterocycles. The minimum absolute atomic E-state index is 0.160. The third-order valence-electron chi connectivity index (χ3n) is 4.43. The van der Waals surface area contributed by atoms with Crippen LogP contribution in [-0.4, -0.2) is 34.9 Å². The maximum absolute atomic E-state index is 12.7. The highest BCUT2D eigenvalue weighted by molar-refractivity contribution is 6.03. The first kappa shape index (κ1) is 18.8. The lowest BCUT2D eigenvalue weighted by atomic mass is 10.2. The summed E-state index contributed by atoms with van der Waals surface area (Å²) in [5.74, 6) is 0.930. The van der Waals surface area contributed by atoms with Crippen LogP contribution in [0.25, 0.3) is 0 Å². The maximum atomic E-state index is 12.7. The van der Waals surface area contributed by atoms with Crippen molar-refractivity contribution in [2.45, 2.75) is 39.5 Å². The Morgan fingerprint density at radius 1 is 0.963 bits per heavy atom. The quantitative estimate of drug-likeness (QED) is 0.865. The Balaban J connectivity index is 1.77. The molecule has 2 aromatic rings. The number of carbonyl (C=O) groups is 2. The van der Waals surface area contributed by atoms with Crippen LogP contribution >= 0.6 is 0 Å². The number of rotatable bonds is 4. The highest BCUT2D eigenvalue weighted by atomic mass is 16.2. The molecule has 0 saturated carbocycles. The first-order valence-electron chi connectivity index (χ1n) is 9.31. The Hall–Kier alpha value is -2.96. The summed E-state index contributed by atoms with van der Waals surface area (Å²) in [6.45, 7) is 5.15. The molecule has 142 valence electrons. The molecule has 3 rings (SSSR count).